The van der Waals surface area contributed by atoms with Crippen LogP contribution >= 0.6 is 12.6 Å². The fourth-order valence-electron chi connectivity index (χ4n) is 1.53. The highest BCUT2D eigenvalue weighted by molar-refractivity contribution is 7.80. The van der Waals surface area contributed by atoms with Crippen LogP contribution in [0.3, 0.4) is 0 Å². The van der Waals surface area contributed by atoms with Crippen LogP contribution in [0.25, 0.3) is 0 Å². The highest BCUT2D eigenvalue weighted by Gasteiger charge is 2.10. The fourth-order valence-corrected chi connectivity index (χ4v) is 1.68. The maximum atomic E-state index is 5.50. The lowest BCUT2D eigenvalue weighted by Crippen LogP contribution is -2.15. The van der Waals surface area contributed by atoms with Gasteiger partial charge >= 0.3 is 0 Å². The Morgan fingerprint density at radius 3 is 2.71 bits per heavy atom. The van der Waals surface area contributed by atoms with Gasteiger partial charge in [0.2, 0.25) is 0 Å². The Hall–Kier alpha value is -0.830. The number of hydrogen-bond acceptors (Lipinski definition) is 3. The zero-order valence-electron chi connectivity index (χ0n) is 8.03. The molecule has 1 aromatic carbocycles. The molecule has 0 atom stereocenters. The minimum Gasteiger partial charge on any atom is -0.486 e. The molecule has 2 rings (SSSR count). The molecule has 2 nitrogen and oxygen atoms in total. The van der Waals surface area contributed by atoms with Gasteiger partial charge in [-0.1, -0.05) is 6.07 Å². The molecule has 1 aliphatic heterocycles. The molecule has 0 fully saturated rings. The van der Waals surface area contributed by atoms with Gasteiger partial charge in [-0.25, -0.2) is 0 Å². The third-order valence-electron chi connectivity index (χ3n) is 2.23. The number of rotatable bonds is 3. The van der Waals surface area contributed by atoms with Gasteiger partial charge in [0.25, 0.3) is 0 Å². The monoisotopic (exact) mass is 210 g/mol. The molecule has 0 aliphatic carbocycles. The van der Waals surface area contributed by atoms with Crippen molar-refractivity contribution in [2.45, 2.75) is 12.8 Å². The van der Waals surface area contributed by atoms with E-state index in [4.69, 9.17) is 9.47 Å². The van der Waals surface area contributed by atoms with E-state index in [1.165, 1.54) is 5.56 Å². The summed E-state index contributed by atoms with van der Waals surface area (Å²) in [6, 6.07) is 6.15. The molecule has 0 N–H and O–H groups in total. The summed E-state index contributed by atoms with van der Waals surface area (Å²) < 4.78 is 10.9. The summed E-state index contributed by atoms with van der Waals surface area (Å²) in [6.45, 7) is 1.31. The minimum atomic E-state index is 0.656. The van der Waals surface area contributed by atoms with Crippen LogP contribution in [0, 0.1) is 0 Å². The standard InChI is InChI=1S/C11H14O2S/c14-7-1-2-9-3-4-10-11(8-9)13-6-5-12-10/h3-4,8,14H,1-2,5-7H2. The molecule has 0 radical (unpaired) electrons. The van der Waals surface area contributed by atoms with Crippen molar-refractivity contribution < 1.29 is 9.47 Å². The Balaban J connectivity index is 2.12. The highest BCUT2D eigenvalue weighted by atomic mass is 32.1. The second kappa shape index (κ2) is 4.60. The van der Waals surface area contributed by atoms with Gasteiger partial charge in [0.05, 0.1) is 0 Å². The van der Waals surface area contributed by atoms with E-state index in [9.17, 15) is 0 Å². The van der Waals surface area contributed by atoms with Crippen molar-refractivity contribution in [3.8, 4) is 11.5 Å². The zero-order valence-corrected chi connectivity index (χ0v) is 8.93. The smallest absolute Gasteiger partial charge is 0.161 e. The predicted molar refractivity (Wildman–Crippen MR) is 59.6 cm³/mol. The SMILES string of the molecule is SCCCc1ccc2c(c1)OCCO2. The van der Waals surface area contributed by atoms with Crippen LogP contribution in [-0.4, -0.2) is 19.0 Å². The Morgan fingerprint density at radius 2 is 1.93 bits per heavy atom. The molecule has 0 unspecified atom stereocenters. The summed E-state index contributed by atoms with van der Waals surface area (Å²) >= 11 is 4.19. The molecule has 76 valence electrons. The summed E-state index contributed by atoms with van der Waals surface area (Å²) in [5, 5.41) is 0. The molecule has 0 amide bonds. The number of benzene rings is 1. The van der Waals surface area contributed by atoms with E-state index < -0.39 is 0 Å². The van der Waals surface area contributed by atoms with Crippen LogP contribution in [0.15, 0.2) is 18.2 Å². The molecular weight excluding hydrogens is 196 g/mol. The maximum Gasteiger partial charge on any atom is 0.161 e. The maximum absolute atomic E-state index is 5.50. The van der Waals surface area contributed by atoms with Gasteiger partial charge in [0.1, 0.15) is 13.2 Å². The van der Waals surface area contributed by atoms with Crippen LogP contribution in [0.5, 0.6) is 11.5 Å². The zero-order chi connectivity index (χ0) is 9.80. The lowest BCUT2D eigenvalue weighted by molar-refractivity contribution is 0.171. The summed E-state index contributed by atoms with van der Waals surface area (Å²) in [4.78, 5) is 0. The first-order valence-electron chi connectivity index (χ1n) is 4.89. The van der Waals surface area contributed by atoms with Crippen molar-refractivity contribution in [3.63, 3.8) is 0 Å². The van der Waals surface area contributed by atoms with Gasteiger partial charge in [0, 0.05) is 0 Å². The van der Waals surface area contributed by atoms with E-state index in [1.54, 1.807) is 0 Å². The first-order valence-corrected chi connectivity index (χ1v) is 5.53. The van der Waals surface area contributed by atoms with Gasteiger partial charge in [-0.2, -0.15) is 12.6 Å². The number of ether oxygens (including phenoxy) is 2. The molecule has 14 heavy (non-hydrogen) atoms. The number of thiol groups is 1. The summed E-state index contributed by atoms with van der Waals surface area (Å²) in [7, 11) is 0. The van der Waals surface area contributed by atoms with Crippen LogP contribution in [0.2, 0.25) is 0 Å². The second-order valence-electron chi connectivity index (χ2n) is 3.31. The van der Waals surface area contributed by atoms with E-state index in [2.05, 4.69) is 24.8 Å². The van der Waals surface area contributed by atoms with Crippen molar-refractivity contribution in [1.82, 2.24) is 0 Å². The van der Waals surface area contributed by atoms with Gasteiger partial charge in [-0.3, -0.25) is 0 Å². The van der Waals surface area contributed by atoms with Crippen LogP contribution in [0.4, 0.5) is 0 Å². The third-order valence-corrected chi connectivity index (χ3v) is 2.55. The number of aryl methyl sites for hydroxylation is 1. The van der Waals surface area contributed by atoms with Crippen molar-refractivity contribution in [2.24, 2.45) is 0 Å². The van der Waals surface area contributed by atoms with Gasteiger partial charge in [-0.05, 0) is 36.3 Å². The molecule has 0 saturated carbocycles. The molecule has 0 saturated heterocycles. The van der Waals surface area contributed by atoms with Crippen molar-refractivity contribution in [1.29, 1.82) is 0 Å². The van der Waals surface area contributed by atoms with Crippen molar-refractivity contribution >= 4 is 12.6 Å². The Labute approximate surface area is 89.6 Å². The van der Waals surface area contributed by atoms with E-state index >= 15 is 0 Å². The summed E-state index contributed by atoms with van der Waals surface area (Å²) in [5.74, 6) is 2.67. The molecule has 1 aromatic rings. The molecule has 1 aliphatic rings. The average Bonchev–Trinajstić information content (AvgIpc) is 2.26. The fraction of sp³-hybridized carbons (Fsp3) is 0.455. The van der Waals surface area contributed by atoms with Gasteiger partial charge in [-0.15, -0.1) is 0 Å². The van der Waals surface area contributed by atoms with Crippen molar-refractivity contribution in [3.05, 3.63) is 23.8 Å². The number of fused-ring (bicyclic) bond motifs is 1. The topological polar surface area (TPSA) is 18.5 Å². The highest BCUT2D eigenvalue weighted by Crippen LogP contribution is 2.30. The lowest BCUT2D eigenvalue weighted by atomic mass is 10.1. The van der Waals surface area contributed by atoms with E-state index in [0.717, 1.165) is 30.1 Å². The third kappa shape index (κ3) is 2.15. The average molecular weight is 210 g/mol. The summed E-state index contributed by atoms with van der Waals surface area (Å²) in [5.41, 5.74) is 1.29. The predicted octanol–water partition coefficient (Wildman–Crippen LogP) is 2.32. The van der Waals surface area contributed by atoms with Crippen LogP contribution in [-0.2, 0) is 6.42 Å². The molecule has 1 heterocycles. The summed E-state index contributed by atoms with van der Waals surface area (Å²) in [6.07, 6.45) is 2.16. The first kappa shape index (κ1) is 9.71. The van der Waals surface area contributed by atoms with Gasteiger partial charge in [0.15, 0.2) is 11.5 Å². The molecule has 0 aromatic heterocycles. The molecular formula is C11H14O2S. The van der Waals surface area contributed by atoms with E-state index in [1.807, 2.05) is 6.07 Å². The second-order valence-corrected chi connectivity index (χ2v) is 3.75. The quantitative estimate of drug-likeness (QED) is 0.772. The molecule has 0 spiro atoms. The van der Waals surface area contributed by atoms with Gasteiger partial charge < -0.3 is 9.47 Å². The Morgan fingerprint density at radius 1 is 1.14 bits per heavy atom. The van der Waals surface area contributed by atoms with E-state index in [0.29, 0.717) is 13.2 Å². The Bertz CT molecular complexity index is 312. The normalized spacial score (nSPS) is 14.1. The van der Waals surface area contributed by atoms with Crippen molar-refractivity contribution in [2.75, 3.05) is 19.0 Å². The lowest BCUT2D eigenvalue weighted by Gasteiger charge is -2.18. The van der Waals surface area contributed by atoms with Crippen LogP contribution < -0.4 is 9.47 Å². The van der Waals surface area contributed by atoms with Crippen LogP contribution in [0.1, 0.15) is 12.0 Å². The molecule has 3 heteroatoms. The molecule has 0 bridgehead atoms. The largest absolute Gasteiger partial charge is 0.486 e. The Kier molecular flexibility index (Phi) is 3.19. The first-order chi connectivity index (χ1) is 6.90. The minimum absolute atomic E-state index is 0.656. The van der Waals surface area contributed by atoms with E-state index in [-0.39, 0.29) is 0 Å². The number of hydrogen-bond donors (Lipinski definition) is 1.